The molecule has 0 spiro atoms. The molecule has 2 nitrogen and oxygen atoms in total. The Bertz CT molecular complexity index is 216. The van der Waals surface area contributed by atoms with Crippen LogP contribution in [0.5, 0.6) is 0 Å². The van der Waals surface area contributed by atoms with Crippen LogP contribution in [0.1, 0.15) is 71.1 Å². The lowest BCUT2D eigenvalue weighted by molar-refractivity contribution is 0.0541. The van der Waals surface area contributed by atoms with Gasteiger partial charge in [0.05, 0.1) is 12.2 Å². The lowest BCUT2D eigenvalue weighted by atomic mass is 10.0. The lowest BCUT2D eigenvalue weighted by Crippen LogP contribution is -2.15. The predicted molar refractivity (Wildman–Crippen MR) is 77.8 cm³/mol. The highest BCUT2D eigenvalue weighted by Gasteiger charge is 2.12. The molecule has 1 unspecified atom stereocenters. The molecule has 0 bridgehead atoms. The zero-order valence-electron chi connectivity index (χ0n) is 11.3. The van der Waals surface area contributed by atoms with E-state index in [9.17, 15) is 0 Å². The maximum Gasteiger partial charge on any atom is 0.206 e. The number of hydrogen-bond acceptors (Lipinski definition) is 2. The summed E-state index contributed by atoms with van der Waals surface area (Å²) in [6.07, 6.45) is 11.1. The molecule has 4 heteroatoms. The van der Waals surface area contributed by atoms with Crippen molar-refractivity contribution in [3.8, 4) is 6.07 Å². The zero-order chi connectivity index (χ0) is 13.6. The van der Waals surface area contributed by atoms with Gasteiger partial charge >= 0.3 is 0 Å². The minimum absolute atomic E-state index is 0.0280. The number of hydrogen-bond donors (Lipinski definition) is 0. The minimum Gasteiger partial charge on any atom is -0.346 e. The van der Waals surface area contributed by atoms with Crippen molar-refractivity contribution in [1.82, 2.24) is 0 Å². The smallest absolute Gasteiger partial charge is 0.206 e. The molecule has 0 saturated carbocycles. The van der Waals surface area contributed by atoms with E-state index in [4.69, 9.17) is 33.2 Å². The molecule has 1 atom stereocenters. The Labute approximate surface area is 122 Å². The Balaban J connectivity index is 3.53. The standard InChI is InChI=1S/C14H25Cl2NO/c1-2-3-4-5-6-7-8-10-13(11-9-12-17)18-14(15)16/h13-14H,2-11H2,1H3. The van der Waals surface area contributed by atoms with Gasteiger partial charge in [-0.3, -0.25) is 0 Å². The maximum atomic E-state index is 8.57. The summed E-state index contributed by atoms with van der Waals surface area (Å²) in [5, 5.41) is 7.79. The van der Waals surface area contributed by atoms with Crippen molar-refractivity contribution in [3.63, 3.8) is 0 Å². The third-order valence-corrected chi connectivity index (χ3v) is 3.21. The average Bonchev–Trinajstić information content (AvgIpc) is 2.34. The van der Waals surface area contributed by atoms with Crippen LogP contribution < -0.4 is 0 Å². The molecule has 0 fully saturated rings. The molecule has 0 heterocycles. The van der Waals surface area contributed by atoms with Gasteiger partial charge in [-0.25, -0.2) is 0 Å². The van der Waals surface area contributed by atoms with E-state index in [2.05, 4.69) is 13.0 Å². The Morgan fingerprint density at radius 1 is 1.00 bits per heavy atom. The highest BCUT2D eigenvalue weighted by Crippen LogP contribution is 2.18. The summed E-state index contributed by atoms with van der Waals surface area (Å²) in [4.78, 5) is 0. The molecule has 0 aliphatic heterocycles. The number of halogens is 2. The van der Waals surface area contributed by atoms with Gasteiger partial charge in [0.15, 0.2) is 0 Å². The van der Waals surface area contributed by atoms with Crippen molar-refractivity contribution < 1.29 is 4.74 Å². The highest BCUT2D eigenvalue weighted by molar-refractivity contribution is 6.43. The van der Waals surface area contributed by atoms with Gasteiger partial charge in [-0.2, -0.15) is 5.26 Å². The molecule has 0 aromatic carbocycles. The van der Waals surface area contributed by atoms with E-state index in [-0.39, 0.29) is 6.10 Å². The summed E-state index contributed by atoms with van der Waals surface area (Å²) in [7, 11) is 0. The first-order valence-corrected chi connectivity index (χ1v) is 7.88. The van der Waals surface area contributed by atoms with Crippen LogP contribution in [0.25, 0.3) is 0 Å². The summed E-state index contributed by atoms with van der Waals surface area (Å²) >= 11 is 11.2. The van der Waals surface area contributed by atoms with E-state index in [1.165, 1.54) is 38.5 Å². The molecular weight excluding hydrogens is 269 g/mol. The molecule has 0 rings (SSSR count). The van der Waals surface area contributed by atoms with Crippen molar-refractivity contribution in [2.45, 2.75) is 82.3 Å². The maximum absolute atomic E-state index is 8.57. The van der Waals surface area contributed by atoms with Crippen LogP contribution in [0.4, 0.5) is 0 Å². The van der Waals surface area contributed by atoms with E-state index in [0.717, 1.165) is 19.3 Å². The second kappa shape index (κ2) is 13.5. The van der Waals surface area contributed by atoms with Crippen LogP contribution >= 0.6 is 23.2 Å². The quantitative estimate of drug-likeness (QED) is 0.348. The van der Waals surface area contributed by atoms with E-state index >= 15 is 0 Å². The first-order chi connectivity index (χ1) is 8.70. The van der Waals surface area contributed by atoms with Gasteiger partial charge in [-0.05, 0) is 12.8 Å². The van der Waals surface area contributed by atoms with E-state index < -0.39 is 5.02 Å². The number of alkyl halides is 2. The molecular formula is C14H25Cl2NO. The number of rotatable bonds is 12. The lowest BCUT2D eigenvalue weighted by Gasteiger charge is -2.17. The Kier molecular flexibility index (Phi) is 13.5. The molecule has 0 saturated heterocycles. The number of nitrogens with zero attached hydrogens (tertiary/aromatic N) is 1. The molecule has 18 heavy (non-hydrogen) atoms. The van der Waals surface area contributed by atoms with Crippen LogP contribution in [0, 0.1) is 11.3 Å². The van der Waals surface area contributed by atoms with Gasteiger partial charge in [0.2, 0.25) is 5.02 Å². The fourth-order valence-electron chi connectivity index (χ4n) is 1.98. The highest BCUT2D eigenvalue weighted by atomic mass is 35.5. The molecule has 0 aliphatic carbocycles. The van der Waals surface area contributed by atoms with Crippen LogP contribution in [-0.2, 0) is 4.74 Å². The van der Waals surface area contributed by atoms with Gasteiger partial charge < -0.3 is 4.74 Å². The SMILES string of the molecule is CCCCCCCCCC(CCC#N)OC(Cl)Cl. The topological polar surface area (TPSA) is 33.0 Å². The summed E-state index contributed by atoms with van der Waals surface area (Å²) in [6.45, 7) is 2.23. The van der Waals surface area contributed by atoms with Gasteiger partial charge in [0.25, 0.3) is 0 Å². The molecule has 0 aliphatic rings. The van der Waals surface area contributed by atoms with Crippen molar-refractivity contribution in [3.05, 3.63) is 0 Å². The van der Waals surface area contributed by atoms with E-state index in [1.807, 2.05) is 0 Å². The largest absolute Gasteiger partial charge is 0.346 e. The molecule has 0 aromatic heterocycles. The third kappa shape index (κ3) is 12.5. The molecule has 0 amide bonds. The molecule has 0 radical (unpaired) electrons. The van der Waals surface area contributed by atoms with Crippen molar-refractivity contribution in [2.75, 3.05) is 0 Å². The van der Waals surface area contributed by atoms with Gasteiger partial charge in [-0.1, -0.05) is 75.1 Å². The molecule has 0 N–H and O–H groups in total. The van der Waals surface area contributed by atoms with Gasteiger partial charge in [-0.15, -0.1) is 0 Å². The monoisotopic (exact) mass is 293 g/mol. The van der Waals surface area contributed by atoms with Crippen molar-refractivity contribution >= 4 is 23.2 Å². The summed E-state index contributed by atoms with van der Waals surface area (Å²) in [5.41, 5.74) is 0. The Morgan fingerprint density at radius 3 is 2.17 bits per heavy atom. The second-order valence-corrected chi connectivity index (χ2v) is 5.64. The second-order valence-electron chi connectivity index (χ2n) is 4.63. The number of nitriles is 1. The zero-order valence-corrected chi connectivity index (χ0v) is 12.8. The van der Waals surface area contributed by atoms with Crippen LogP contribution in [0.2, 0.25) is 0 Å². The number of unbranched alkanes of at least 4 members (excludes halogenated alkanes) is 6. The van der Waals surface area contributed by atoms with Crippen molar-refractivity contribution in [1.29, 1.82) is 5.26 Å². The number of ether oxygens (including phenoxy) is 1. The van der Waals surface area contributed by atoms with Crippen molar-refractivity contribution in [2.24, 2.45) is 0 Å². The molecule has 0 aromatic rings. The predicted octanol–water partition coefficient (Wildman–Crippen LogP) is 5.58. The van der Waals surface area contributed by atoms with Gasteiger partial charge in [0.1, 0.15) is 0 Å². The van der Waals surface area contributed by atoms with Crippen LogP contribution in [0.15, 0.2) is 0 Å². The fourth-order valence-corrected chi connectivity index (χ4v) is 2.27. The first-order valence-electron chi connectivity index (χ1n) is 7.01. The fraction of sp³-hybridized carbons (Fsp3) is 0.929. The van der Waals surface area contributed by atoms with E-state index in [0.29, 0.717) is 6.42 Å². The van der Waals surface area contributed by atoms with Gasteiger partial charge in [0, 0.05) is 6.42 Å². The van der Waals surface area contributed by atoms with Crippen LogP contribution in [0.3, 0.4) is 0 Å². The van der Waals surface area contributed by atoms with Crippen LogP contribution in [-0.4, -0.2) is 11.1 Å². The minimum atomic E-state index is -0.779. The van der Waals surface area contributed by atoms with E-state index in [1.54, 1.807) is 0 Å². The Hall–Kier alpha value is 0.0300. The molecule has 106 valence electrons. The Morgan fingerprint density at radius 2 is 1.61 bits per heavy atom. The summed E-state index contributed by atoms with van der Waals surface area (Å²) < 4.78 is 5.38. The summed E-state index contributed by atoms with van der Waals surface area (Å²) in [5.74, 6) is 0. The normalized spacial score (nSPS) is 12.6. The summed E-state index contributed by atoms with van der Waals surface area (Å²) in [6, 6.07) is 2.13. The average molecular weight is 294 g/mol. The first kappa shape index (κ1) is 18.0. The third-order valence-electron chi connectivity index (χ3n) is 3.00.